The lowest BCUT2D eigenvalue weighted by molar-refractivity contribution is 0.676. The van der Waals surface area contributed by atoms with Gasteiger partial charge in [-0.1, -0.05) is 78.9 Å². The molecule has 0 spiro atoms. The molecule has 1 aromatic heterocycles. The van der Waals surface area contributed by atoms with Crippen LogP contribution >= 0.6 is 0 Å². The molecule has 1 heterocycles. The molecular formula is C23H19NO. The van der Waals surface area contributed by atoms with Crippen molar-refractivity contribution in [2.45, 2.75) is 13.0 Å². The van der Waals surface area contributed by atoms with E-state index in [-0.39, 0.29) is 11.6 Å². The van der Waals surface area contributed by atoms with Crippen LogP contribution in [0, 0.1) is 6.92 Å². The van der Waals surface area contributed by atoms with Gasteiger partial charge in [0.15, 0.2) is 0 Å². The third kappa shape index (κ3) is 2.76. The number of rotatable bonds is 3. The molecule has 0 aliphatic carbocycles. The van der Waals surface area contributed by atoms with E-state index >= 15 is 0 Å². The number of pyridine rings is 1. The summed E-state index contributed by atoms with van der Waals surface area (Å²) in [6.45, 7) is 1.99. The molecule has 0 amide bonds. The van der Waals surface area contributed by atoms with Gasteiger partial charge in [-0.3, -0.25) is 9.36 Å². The largest absolute Gasteiger partial charge is 0.297 e. The Morgan fingerprint density at radius 1 is 0.720 bits per heavy atom. The number of aromatic nitrogens is 1. The molecule has 0 saturated heterocycles. The van der Waals surface area contributed by atoms with Crippen LogP contribution in [-0.2, 0) is 0 Å². The van der Waals surface area contributed by atoms with Gasteiger partial charge in [0.2, 0.25) is 0 Å². The van der Waals surface area contributed by atoms with Crippen molar-refractivity contribution in [3.8, 4) is 0 Å². The first-order valence-corrected chi connectivity index (χ1v) is 8.46. The maximum absolute atomic E-state index is 13.0. The van der Waals surface area contributed by atoms with E-state index in [9.17, 15) is 4.79 Å². The number of fused-ring (bicyclic) bond motifs is 1. The van der Waals surface area contributed by atoms with Gasteiger partial charge in [0.25, 0.3) is 5.56 Å². The van der Waals surface area contributed by atoms with Crippen molar-refractivity contribution in [2.24, 2.45) is 0 Å². The molecule has 4 rings (SSSR count). The lowest BCUT2D eigenvalue weighted by Crippen LogP contribution is -2.26. The molecule has 122 valence electrons. The number of para-hydroxylation sites is 1. The Balaban J connectivity index is 2.08. The van der Waals surface area contributed by atoms with Crippen LogP contribution < -0.4 is 5.56 Å². The minimum absolute atomic E-state index is 0.0221. The normalized spacial score (nSPS) is 11.1. The summed E-state index contributed by atoms with van der Waals surface area (Å²) in [5.41, 5.74) is 4.20. The molecule has 0 N–H and O–H groups in total. The third-order valence-electron chi connectivity index (χ3n) is 4.65. The second-order valence-electron chi connectivity index (χ2n) is 6.28. The van der Waals surface area contributed by atoms with Crippen molar-refractivity contribution in [3.63, 3.8) is 0 Å². The lowest BCUT2D eigenvalue weighted by Gasteiger charge is -2.23. The zero-order valence-corrected chi connectivity index (χ0v) is 14.1. The van der Waals surface area contributed by atoms with Gasteiger partial charge >= 0.3 is 0 Å². The first-order valence-electron chi connectivity index (χ1n) is 8.46. The van der Waals surface area contributed by atoms with Crippen LogP contribution in [0.25, 0.3) is 10.9 Å². The highest BCUT2D eigenvalue weighted by molar-refractivity contribution is 5.82. The molecule has 0 aliphatic heterocycles. The van der Waals surface area contributed by atoms with Gasteiger partial charge in [-0.05, 0) is 29.7 Å². The van der Waals surface area contributed by atoms with Gasteiger partial charge in [-0.25, -0.2) is 0 Å². The third-order valence-corrected chi connectivity index (χ3v) is 4.65. The molecule has 2 nitrogen and oxygen atoms in total. The Hall–Kier alpha value is -3.13. The second kappa shape index (κ2) is 6.40. The summed E-state index contributed by atoms with van der Waals surface area (Å²) < 4.78 is 1.91. The van der Waals surface area contributed by atoms with Crippen LogP contribution in [-0.4, -0.2) is 4.57 Å². The van der Waals surface area contributed by atoms with E-state index in [1.165, 1.54) is 0 Å². The number of aryl methyl sites for hydroxylation is 1. The molecule has 2 heteroatoms. The van der Waals surface area contributed by atoms with Gasteiger partial charge < -0.3 is 0 Å². The minimum Gasteiger partial charge on any atom is -0.297 e. The lowest BCUT2D eigenvalue weighted by atomic mass is 9.97. The molecule has 0 saturated carbocycles. The van der Waals surface area contributed by atoms with Crippen LogP contribution in [0.2, 0.25) is 0 Å². The molecule has 0 radical (unpaired) electrons. The van der Waals surface area contributed by atoms with Crippen molar-refractivity contribution in [1.29, 1.82) is 0 Å². The molecule has 0 fully saturated rings. The number of hydrogen-bond acceptors (Lipinski definition) is 1. The quantitative estimate of drug-likeness (QED) is 0.522. The Morgan fingerprint density at radius 3 is 1.84 bits per heavy atom. The van der Waals surface area contributed by atoms with Crippen LogP contribution in [0.15, 0.2) is 95.8 Å². The molecule has 3 aromatic carbocycles. The summed E-state index contributed by atoms with van der Waals surface area (Å²) in [6, 6.07) is 30.1. The predicted octanol–water partition coefficient (Wildman–Crippen LogP) is 4.95. The summed E-state index contributed by atoms with van der Waals surface area (Å²) in [6.07, 6.45) is 0. The van der Waals surface area contributed by atoms with Gasteiger partial charge in [-0.2, -0.15) is 0 Å². The molecule has 25 heavy (non-hydrogen) atoms. The Labute approximate surface area is 147 Å². The Bertz CT molecular complexity index is 1030. The zero-order chi connectivity index (χ0) is 17.2. The highest BCUT2D eigenvalue weighted by atomic mass is 16.1. The van der Waals surface area contributed by atoms with Crippen LogP contribution in [0.5, 0.6) is 0 Å². The van der Waals surface area contributed by atoms with Gasteiger partial charge in [-0.15, -0.1) is 0 Å². The fourth-order valence-corrected chi connectivity index (χ4v) is 3.50. The Kier molecular flexibility index (Phi) is 3.95. The van der Waals surface area contributed by atoms with Crippen molar-refractivity contribution in [2.75, 3.05) is 0 Å². The SMILES string of the molecule is Cc1cc(=O)n(C(c2ccccc2)c2ccccc2)c2ccccc12. The Morgan fingerprint density at radius 2 is 1.24 bits per heavy atom. The molecular weight excluding hydrogens is 306 g/mol. The van der Waals surface area contributed by atoms with E-state index in [1.54, 1.807) is 6.07 Å². The number of nitrogens with zero attached hydrogens (tertiary/aromatic N) is 1. The molecule has 0 unspecified atom stereocenters. The van der Waals surface area contributed by atoms with Gasteiger partial charge in [0.05, 0.1) is 11.6 Å². The maximum atomic E-state index is 13.0. The van der Waals surface area contributed by atoms with Gasteiger partial charge in [0.1, 0.15) is 0 Å². The average molecular weight is 325 g/mol. The number of benzene rings is 3. The van der Waals surface area contributed by atoms with E-state index in [2.05, 4.69) is 30.3 Å². The van der Waals surface area contributed by atoms with Crippen molar-refractivity contribution in [1.82, 2.24) is 4.57 Å². The van der Waals surface area contributed by atoms with Gasteiger partial charge in [0, 0.05) is 11.5 Å². The van der Waals surface area contributed by atoms with E-state index in [0.717, 1.165) is 27.6 Å². The number of hydrogen-bond donors (Lipinski definition) is 0. The second-order valence-corrected chi connectivity index (χ2v) is 6.28. The van der Waals surface area contributed by atoms with E-state index < -0.39 is 0 Å². The van der Waals surface area contributed by atoms with Crippen LogP contribution in [0.4, 0.5) is 0 Å². The molecule has 0 atom stereocenters. The highest BCUT2D eigenvalue weighted by Gasteiger charge is 2.19. The minimum atomic E-state index is -0.152. The van der Waals surface area contributed by atoms with Crippen molar-refractivity contribution in [3.05, 3.63) is 118 Å². The first-order chi connectivity index (χ1) is 12.3. The summed E-state index contributed by atoms with van der Waals surface area (Å²) in [5, 5.41) is 1.11. The van der Waals surface area contributed by atoms with Crippen LogP contribution in [0.1, 0.15) is 22.7 Å². The van der Waals surface area contributed by atoms with E-state index in [4.69, 9.17) is 0 Å². The van der Waals surface area contributed by atoms with E-state index in [1.807, 2.05) is 66.1 Å². The van der Waals surface area contributed by atoms with Crippen molar-refractivity contribution < 1.29 is 0 Å². The van der Waals surface area contributed by atoms with E-state index in [0.29, 0.717) is 0 Å². The fourth-order valence-electron chi connectivity index (χ4n) is 3.50. The summed E-state index contributed by atoms with van der Waals surface area (Å²) in [4.78, 5) is 13.0. The monoisotopic (exact) mass is 325 g/mol. The summed E-state index contributed by atoms with van der Waals surface area (Å²) >= 11 is 0. The maximum Gasteiger partial charge on any atom is 0.252 e. The smallest absolute Gasteiger partial charge is 0.252 e. The van der Waals surface area contributed by atoms with Crippen molar-refractivity contribution >= 4 is 10.9 Å². The summed E-state index contributed by atoms with van der Waals surface area (Å²) in [5.74, 6) is 0. The molecule has 0 bridgehead atoms. The zero-order valence-electron chi connectivity index (χ0n) is 14.1. The molecule has 0 aliphatic rings. The summed E-state index contributed by atoms with van der Waals surface area (Å²) in [7, 11) is 0. The fraction of sp³-hybridized carbons (Fsp3) is 0.0870. The topological polar surface area (TPSA) is 22.0 Å². The predicted molar refractivity (Wildman–Crippen MR) is 103 cm³/mol. The standard InChI is InChI=1S/C23H19NO/c1-17-16-22(25)24(21-15-9-8-14-20(17)21)23(18-10-4-2-5-11-18)19-12-6-3-7-13-19/h2-16,23H,1H3. The average Bonchev–Trinajstić information content (AvgIpc) is 2.66. The van der Waals surface area contributed by atoms with Crippen LogP contribution in [0.3, 0.4) is 0 Å². The molecule has 4 aromatic rings. The first kappa shape index (κ1) is 15.4. The highest BCUT2D eigenvalue weighted by Crippen LogP contribution is 2.29.